The number of fused-ring (bicyclic) bond motifs is 1. The van der Waals surface area contributed by atoms with Gasteiger partial charge in [0.25, 0.3) is 5.91 Å². The van der Waals surface area contributed by atoms with Gasteiger partial charge in [0.1, 0.15) is 17.8 Å². The summed E-state index contributed by atoms with van der Waals surface area (Å²) in [4.78, 5) is 42.2. The van der Waals surface area contributed by atoms with Gasteiger partial charge in [-0.3, -0.25) is 14.5 Å². The van der Waals surface area contributed by atoms with Crippen molar-refractivity contribution in [1.29, 1.82) is 0 Å². The molecule has 8 nitrogen and oxygen atoms in total. The van der Waals surface area contributed by atoms with E-state index in [0.29, 0.717) is 24.3 Å². The highest BCUT2D eigenvalue weighted by atomic mass is 16.5. The van der Waals surface area contributed by atoms with Crippen molar-refractivity contribution < 1.29 is 19.1 Å². The van der Waals surface area contributed by atoms with Crippen LogP contribution in [-0.2, 0) is 21.5 Å². The molecule has 2 heterocycles. The van der Waals surface area contributed by atoms with Gasteiger partial charge in [0, 0.05) is 23.6 Å². The first-order chi connectivity index (χ1) is 15.3. The van der Waals surface area contributed by atoms with Gasteiger partial charge in [-0.05, 0) is 55.2 Å². The molecule has 1 aromatic heterocycles. The van der Waals surface area contributed by atoms with Crippen LogP contribution in [0.4, 0.5) is 4.79 Å². The van der Waals surface area contributed by atoms with Crippen LogP contribution in [0.1, 0.15) is 23.6 Å². The number of hydrogen-bond acceptors (Lipinski definition) is 4. The fourth-order valence-corrected chi connectivity index (χ4v) is 4.10. The number of H-pyrrole nitrogens is 1. The van der Waals surface area contributed by atoms with Crippen LogP contribution in [-0.4, -0.2) is 47.9 Å². The van der Waals surface area contributed by atoms with E-state index in [4.69, 9.17) is 4.74 Å². The molecule has 0 spiro atoms. The number of methoxy groups -OCH3 is 1. The van der Waals surface area contributed by atoms with Gasteiger partial charge in [0.05, 0.1) is 7.11 Å². The summed E-state index contributed by atoms with van der Waals surface area (Å²) < 4.78 is 5.27. The third-order valence-electron chi connectivity index (χ3n) is 5.94. The maximum absolute atomic E-state index is 13.1. The molecule has 1 aliphatic heterocycles. The monoisotopic (exact) mass is 434 g/mol. The van der Waals surface area contributed by atoms with Crippen LogP contribution in [0.15, 0.2) is 48.7 Å². The van der Waals surface area contributed by atoms with Crippen molar-refractivity contribution in [2.45, 2.75) is 25.8 Å². The number of benzene rings is 2. The second-order valence-corrected chi connectivity index (χ2v) is 8.09. The number of rotatable bonds is 7. The van der Waals surface area contributed by atoms with E-state index >= 15 is 0 Å². The molecule has 0 radical (unpaired) electrons. The molecule has 1 aliphatic rings. The molecule has 1 unspecified atom stereocenters. The van der Waals surface area contributed by atoms with Crippen molar-refractivity contribution in [2.24, 2.45) is 0 Å². The van der Waals surface area contributed by atoms with Crippen molar-refractivity contribution in [1.82, 2.24) is 20.5 Å². The number of amides is 4. The van der Waals surface area contributed by atoms with Crippen LogP contribution in [0.5, 0.6) is 5.75 Å². The lowest BCUT2D eigenvalue weighted by atomic mass is 9.90. The zero-order chi connectivity index (χ0) is 22.9. The van der Waals surface area contributed by atoms with E-state index in [0.717, 1.165) is 26.9 Å². The molecule has 8 heteroatoms. The average molecular weight is 434 g/mol. The summed E-state index contributed by atoms with van der Waals surface area (Å²) in [7, 11) is 1.57. The molecule has 4 amide bonds. The zero-order valence-electron chi connectivity index (χ0n) is 18.3. The second kappa shape index (κ2) is 8.37. The normalized spacial score (nSPS) is 18.2. The number of nitrogens with one attached hydrogen (secondary N) is 3. The second-order valence-electron chi connectivity index (χ2n) is 8.09. The Hall–Kier alpha value is -3.81. The minimum atomic E-state index is -1.24. The van der Waals surface area contributed by atoms with E-state index < -0.39 is 17.5 Å². The van der Waals surface area contributed by atoms with E-state index in [-0.39, 0.29) is 12.5 Å². The van der Waals surface area contributed by atoms with Crippen LogP contribution >= 0.6 is 0 Å². The molecule has 0 bridgehead atoms. The van der Waals surface area contributed by atoms with Crippen LogP contribution in [0.25, 0.3) is 10.9 Å². The first-order valence-electron chi connectivity index (χ1n) is 10.4. The van der Waals surface area contributed by atoms with Crippen LogP contribution in [0.2, 0.25) is 0 Å². The molecule has 32 heavy (non-hydrogen) atoms. The third-order valence-corrected chi connectivity index (χ3v) is 5.94. The van der Waals surface area contributed by atoms with Gasteiger partial charge in [-0.25, -0.2) is 4.79 Å². The summed E-state index contributed by atoms with van der Waals surface area (Å²) in [5, 5.41) is 6.64. The van der Waals surface area contributed by atoms with E-state index in [1.807, 2.05) is 43.5 Å². The summed E-state index contributed by atoms with van der Waals surface area (Å²) in [5.41, 5.74) is 2.39. The molecule has 4 rings (SSSR count). The van der Waals surface area contributed by atoms with Crippen molar-refractivity contribution in [3.05, 3.63) is 65.4 Å². The predicted molar refractivity (Wildman–Crippen MR) is 120 cm³/mol. The summed E-state index contributed by atoms with van der Waals surface area (Å²) in [6.45, 7) is 3.58. The lowest BCUT2D eigenvalue weighted by Crippen LogP contribution is -2.43. The molecule has 3 N–H and O–H groups in total. The molecular weight excluding hydrogens is 408 g/mol. The van der Waals surface area contributed by atoms with E-state index in [2.05, 4.69) is 15.6 Å². The highest BCUT2D eigenvalue weighted by Crippen LogP contribution is 2.31. The highest BCUT2D eigenvalue weighted by Gasteiger charge is 2.49. The lowest BCUT2D eigenvalue weighted by Gasteiger charge is -2.23. The fourth-order valence-electron chi connectivity index (χ4n) is 4.10. The number of aromatic amines is 1. The SMILES string of the molecule is COc1ccc(C2(C)NC(=O)N(CC(=O)NCCc3c[nH]c4ccccc34)C2=O)cc1C. The molecule has 1 fully saturated rings. The average Bonchev–Trinajstić information content (AvgIpc) is 3.28. The Balaban J connectivity index is 1.38. The topological polar surface area (TPSA) is 104 Å². The van der Waals surface area contributed by atoms with Gasteiger partial charge in [-0.1, -0.05) is 24.3 Å². The quantitative estimate of drug-likeness (QED) is 0.497. The zero-order valence-corrected chi connectivity index (χ0v) is 18.3. The number of carbonyl (C=O) groups is 3. The third kappa shape index (κ3) is 3.79. The van der Waals surface area contributed by atoms with E-state index in [1.54, 1.807) is 26.2 Å². The minimum absolute atomic E-state index is 0.330. The summed E-state index contributed by atoms with van der Waals surface area (Å²) in [6.07, 6.45) is 2.56. The Morgan fingerprint density at radius 2 is 1.97 bits per heavy atom. The van der Waals surface area contributed by atoms with Crippen LogP contribution < -0.4 is 15.4 Å². The molecule has 1 atom stereocenters. The van der Waals surface area contributed by atoms with E-state index in [9.17, 15) is 14.4 Å². The van der Waals surface area contributed by atoms with Gasteiger partial charge in [-0.15, -0.1) is 0 Å². The number of carbonyl (C=O) groups excluding carboxylic acids is 3. The number of hydrogen-bond donors (Lipinski definition) is 3. The molecule has 0 saturated carbocycles. The van der Waals surface area contributed by atoms with Crippen molar-refractivity contribution >= 4 is 28.7 Å². The first kappa shape index (κ1) is 21.4. The molecule has 3 aromatic rings. The first-order valence-corrected chi connectivity index (χ1v) is 10.4. The number of para-hydroxylation sites is 1. The Kier molecular flexibility index (Phi) is 5.61. The van der Waals surface area contributed by atoms with Crippen LogP contribution in [0.3, 0.4) is 0 Å². The number of aromatic nitrogens is 1. The molecular formula is C24H26N4O4. The maximum atomic E-state index is 13.1. The van der Waals surface area contributed by atoms with Gasteiger partial charge in [0.15, 0.2) is 0 Å². The number of imide groups is 1. The van der Waals surface area contributed by atoms with Crippen molar-refractivity contribution in [3.8, 4) is 5.75 Å². The fraction of sp³-hybridized carbons (Fsp3) is 0.292. The summed E-state index contributed by atoms with van der Waals surface area (Å²) in [6, 6.07) is 12.7. The predicted octanol–water partition coefficient (Wildman–Crippen LogP) is 2.61. The standard InChI is InChI=1S/C24H26N4O4/c1-15-12-17(8-9-20(15)32-3)24(2)22(30)28(23(31)27-24)14-21(29)25-11-10-16-13-26-19-7-5-4-6-18(16)19/h4-9,12-13,26H,10-11,14H2,1-3H3,(H,25,29)(H,27,31). The van der Waals surface area contributed by atoms with Gasteiger partial charge in [0.2, 0.25) is 5.91 Å². The number of urea groups is 1. The van der Waals surface area contributed by atoms with Gasteiger partial charge >= 0.3 is 6.03 Å². The highest BCUT2D eigenvalue weighted by molar-refractivity contribution is 6.09. The smallest absolute Gasteiger partial charge is 0.325 e. The molecule has 166 valence electrons. The minimum Gasteiger partial charge on any atom is -0.496 e. The summed E-state index contributed by atoms with van der Waals surface area (Å²) >= 11 is 0. The number of nitrogens with zero attached hydrogens (tertiary/aromatic N) is 1. The van der Waals surface area contributed by atoms with Crippen molar-refractivity contribution in [3.63, 3.8) is 0 Å². The van der Waals surface area contributed by atoms with Crippen molar-refractivity contribution in [2.75, 3.05) is 20.2 Å². The largest absolute Gasteiger partial charge is 0.496 e. The summed E-state index contributed by atoms with van der Waals surface area (Å²) in [5.74, 6) is -0.150. The molecule has 2 aromatic carbocycles. The maximum Gasteiger partial charge on any atom is 0.325 e. The van der Waals surface area contributed by atoms with Gasteiger partial charge < -0.3 is 20.4 Å². The molecule has 1 saturated heterocycles. The Morgan fingerprint density at radius 1 is 1.19 bits per heavy atom. The van der Waals surface area contributed by atoms with E-state index in [1.165, 1.54) is 0 Å². The number of aryl methyl sites for hydroxylation is 1. The Morgan fingerprint density at radius 3 is 2.72 bits per heavy atom. The van der Waals surface area contributed by atoms with Crippen LogP contribution in [0, 0.1) is 6.92 Å². The van der Waals surface area contributed by atoms with Gasteiger partial charge in [-0.2, -0.15) is 0 Å². The Bertz CT molecular complexity index is 1200. The number of ether oxygens (including phenoxy) is 1. The molecule has 0 aliphatic carbocycles. The Labute approximate surface area is 185 Å². The lowest BCUT2D eigenvalue weighted by molar-refractivity contribution is -0.134.